The molecule has 2 atom stereocenters. The molecule has 1 aliphatic heterocycles. The molecule has 9 heteroatoms. The maximum absolute atomic E-state index is 12.8. The summed E-state index contributed by atoms with van der Waals surface area (Å²) in [6.45, 7) is 0.439. The van der Waals surface area contributed by atoms with Crippen LogP contribution in [-0.4, -0.2) is 47.8 Å². The maximum Gasteiger partial charge on any atom is 0.407 e. The summed E-state index contributed by atoms with van der Waals surface area (Å²) in [6, 6.07) is 8.28. The van der Waals surface area contributed by atoms with Crippen LogP contribution in [0.15, 0.2) is 30.3 Å². The molecule has 1 amide bonds. The molecule has 1 aromatic carbocycles. The highest BCUT2D eigenvalue weighted by Crippen LogP contribution is 2.52. The predicted molar refractivity (Wildman–Crippen MR) is 86.6 cm³/mol. The van der Waals surface area contributed by atoms with Gasteiger partial charge in [0, 0.05) is 13.7 Å². The minimum absolute atomic E-state index is 0.0887. The fourth-order valence-corrected chi connectivity index (χ4v) is 4.50. The molecule has 0 aliphatic carbocycles. The second-order valence-electron chi connectivity index (χ2n) is 5.38. The lowest BCUT2D eigenvalue weighted by atomic mass is 10.2. The molecule has 1 heterocycles. The predicted octanol–water partition coefficient (Wildman–Crippen LogP) is 2.26. The van der Waals surface area contributed by atoms with Crippen LogP contribution in [0, 0.1) is 0 Å². The van der Waals surface area contributed by atoms with Gasteiger partial charge >= 0.3 is 12.1 Å². The van der Waals surface area contributed by atoms with Gasteiger partial charge < -0.3 is 19.7 Å². The van der Waals surface area contributed by atoms with Crippen LogP contribution in [0.1, 0.15) is 18.4 Å². The molecule has 0 bridgehead atoms. The number of benzene rings is 1. The number of amides is 1. The van der Waals surface area contributed by atoms with E-state index in [-0.39, 0.29) is 12.9 Å². The van der Waals surface area contributed by atoms with Gasteiger partial charge in [0.1, 0.15) is 18.9 Å². The van der Waals surface area contributed by atoms with E-state index in [0.717, 1.165) is 5.56 Å². The number of nitrogens with one attached hydrogen (secondary N) is 1. The molecule has 2 N–H and O–H groups in total. The minimum atomic E-state index is -3.47. The molecule has 1 fully saturated rings. The molecule has 0 spiro atoms. The zero-order valence-electron chi connectivity index (χ0n) is 13.4. The van der Waals surface area contributed by atoms with Crippen molar-refractivity contribution in [2.75, 3.05) is 19.9 Å². The first-order chi connectivity index (χ1) is 11.5. The van der Waals surface area contributed by atoms with Crippen LogP contribution in [0.3, 0.4) is 0 Å². The van der Waals surface area contributed by atoms with Crippen molar-refractivity contribution in [3.63, 3.8) is 0 Å². The third kappa shape index (κ3) is 4.56. The van der Waals surface area contributed by atoms with E-state index in [1.807, 2.05) is 30.3 Å². The number of hydrogen-bond acceptors (Lipinski definition) is 5. The van der Waals surface area contributed by atoms with Crippen molar-refractivity contribution in [1.82, 2.24) is 9.99 Å². The smallest absolute Gasteiger partial charge is 0.407 e. The maximum atomic E-state index is 12.8. The Labute approximate surface area is 140 Å². The molecule has 132 valence electrons. The number of ether oxygens (including phenoxy) is 1. The van der Waals surface area contributed by atoms with E-state index in [2.05, 4.69) is 5.32 Å². The van der Waals surface area contributed by atoms with E-state index >= 15 is 0 Å². The summed E-state index contributed by atoms with van der Waals surface area (Å²) in [4.78, 5) is 23.0. The van der Waals surface area contributed by atoms with Crippen molar-refractivity contribution in [3.05, 3.63) is 35.9 Å². The van der Waals surface area contributed by atoms with Gasteiger partial charge in [-0.1, -0.05) is 30.3 Å². The second kappa shape index (κ2) is 8.28. The molecule has 1 aliphatic rings. The van der Waals surface area contributed by atoms with Crippen molar-refractivity contribution in [2.45, 2.75) is 25.5 Å². The number of carbonyl (C=O) groups excluding carboxylic acids is 1. The fourth-order valence-electron chi connectivity index (χ4n) is 2.57. The van der Waals surface area contributed by atoms with Crippen molar-refractivity contribution in [1.29, 1.82) is 0 Å². The highest BCUT2D eigenvalue weighted by atomic mass is 31.2. The van der Waals surface area contributed by atoms with Crippen LogP contribution in [0.4, 0.5) is 4.79 Å². The quantitative estimate of drug-likeness (QED) is 0.722. The Balaban J connectivity index is 1.89. The van der Waals surface area contributed by atoms with Crippen molar-refractivity contribution in [2.24, 2.45) is 0 Å². The summed E-state index contributed by atoms with van der Waals surface area (Å²) in [5, 5.41) is 11.6. The van der Waals surface area contributed by atoms with Gasteiger partial charge in [-0.3, -0.25) is 9.36 Å². The highest BCUT2D eigenvalue weighted by Gasteiger charge is 2.43. The van der Waals surface area contributed by atoms with Gasteiger partial charge in [0.25, 0.3) is 7.52 Å². The number of rotatable bonds is 7. The van der Waals surface area contributed by atoms with Gasteiger partial charge in [-0.2, -0.15) is 0 Å². The Morgan fingerprint density at radius 1 is 1.38 bits per heavy atom. The standard InChI is InChI=1S/C15H21N2O6P/c1-22-24(21,17-9-5-8-13(17)14(18)19)11-16-15(20)23-10-12-6-3-2-4-7-12/h2-4,6-7,13H,5,8-11H2,1H3,(H,16,20)(H,18,19)/t13-,24?/m0/s1. The summed E-state index contributed by atoms with van der Waals surface area (Å²) in [5.41, 5.74) is 0.827. The third-order valence-electron chi connectivity index (χ3n) is 3.82. The van der Waals surface area contributed by atoms with Crippen LogP contribution in [0.2, 0.25) is 0 Å². The molecular formula is C15H21N2O6P. The molecule has 0 radical (unpaired) electrons. The average Bonchev–Trinajstić information content (AvgIpc) is 3.09. The van der Waals surface area contributed by atoms with Crippen LogP contribution in [-0.2, 0) is 25.2 Å². The monoisotopic (exact) mass is 356 g/mol. The zero-order chi connectivity index (χ0) is 17.6. The summed E-state index contributed by atoms with van der Waals surface area (Å²) < 4.78 is 24.3. The van der Waals surface area contributed by atoms with E-state index < -0.39 is 25.6 Å². The molecule has 2 rings (SSSR count). The lowest BCUT2D eigenvalue weighted by Crippen LogP contribution is -2.37. The zero-order valence-corrected chi connectivity index (χ0v) is 14.3. The normalized spacial score (nSPS) is 20.3. The van der Waals surface area contributed by atoms with E-state index in [4.69, 9.17) is 9.26 Å². The Hall–Kier alpha value is -1.89. The van der Waals surface area contributed by atoms with Crippen LogP contribution in [0.25, 0.3) is 0 Å². The van der Waals surface area contributed by atoms with Crippen LogP contribution >= 0.6 is 7.52 Å². The lowest BCUT2D eigenvalue weighted by molar-refractivity contribution is -0.140. The Morgan fingerprint density at radius 3 is 2.71 bits per heavy atom. The van der Waals surface area contributed by atoms with Gasteiger partial charge in [-0.25, -0.2) is 9.46 Å². The Morgan fingerprint density at radius 2 is 2.08 bits per heavy atom. The fraction of sp³-hybridized carbons (Fsp3) is 0.467. The minimum Gasteiger partial charge on any atom is -0.480 e. The largest absolute Gasteiger partial charge is 0.480 e. The number of hydrogen-bond donors (Lipinski definition) is 2. The van der Waals surface area contributed by atoms with Gasteiger partial charge in [-0.05, 0) is 18.4 Å². The number of aliphatic carboxylic acids is 1. The third-order valence-corrected chi connectivity index (χ3v) is 6.21. The first-order valence-electron chi connectivity index (χ1n) is 7.55. The molecule has 0 aromatic heterocycles. The summed E-state index contributed by atoms with van der Waals surface area (Å²) in [7, 11) is -2.22. The number of nitrogens with zero attached hydrogens (tertiary/aromatic N) is 1. The number of carboxylic acid groups (broad SMARTS) is 1. The van der Waals surface area contributed by atoms with E-state index in [1.54, 1.807) is 0 Å². The van der Waals surface area contributed by atoms with Crippen LogP contribution in [0.5, 0.6) is 0 Å². The van der Waals surface area contributed by atoms with E-state index in [1.165, 1.54) is 11.8 Å². The Kier molecular flexibility index (Phi) is 6.36. The van der Waals surface area contributed by atoms with Crippen molar-refractivity contribution < 1.29 is 28.5 Å². The van der Waals surface area contributed by atoms with E-state index in [9.17, 15) is 19.3 Å². The molecule has 1 saturated heterocycles. The SMILES string of the molecule is COP(=O)(CNC(=O)OCc1ccccc1)N1CCC[C@H]1C(=O)O. The second-order valence-corrected chi connectivity index (χ2v) is 7.85. The summed E-state index contributed by atoms with van der Waals surface area (Å²) >= 11 is 0. The highest BCUT2D eigenvalue weighted by molar-refractivity contribution is 7.56. The lowest BCUT2D eigenvalue weighted by Gasteiger charge is -2.29. The number of carbonyl (C=O) groups is 2. The van der Waals surface area contributed by atoms with Gasteiger partial charge in [0.05, 0.1) is 0 Å². The van der Waals surface area contributed by atoms with Crippen molar-refractivity contribution >= 4 is 19.6 Å². The summed E-state index contributed by atoms with van der Waals surface area (Å²) in [5.74, 6) is -1.04. The topological polar surface area (TPSA) is 105 Å². The van der Waals surface area contributed by atoms with Crippen LogP contribution < -0.4 is 5.32 Å². The molecule has 24 heavy (non-hydrogen) atoms. The molecule has 8 nitrogen and oxygen atoms in total. The first kappa shape index (κ1) is 18.4. The Bertz CT molecular complexity index is 624. The molecule has 1 aromatic rings. The van der Waals surface area contributed by atoms with E-state index in [0.29, 0.717) is 19.4 Å². The van der Waals surface area contributed by atoms with Gasteiger partial charge in [0.2, 0.25) is 0 Å². The number of alkyl carbamates (subject to hydrolysis) is 1. The van der Waals surface area contributed by atoms with Gasteiger partial charge in [-0.15, -0.1) is 0 Å². The van der Waals surface area contributed by atoms with Crippen molar-refractivity contribution in [3.8, 4) is 0 Å². The number of carboxylic acids is 1. The molecular weight excluding hydrogens is 335 g/mol. The molecule has 0 saturated carbocycles. The average molecular weight is 356 g/mol. The van der Waals surface area contributed by atoms with Gasteiger partial charge in [0.15, 0.2) is 0 Å². The first-order valence-corrected chi connectivity index (χ1v) is 9.32. The summed E-state index contributed by atoms with van der Waals surface area (Å²) in [6.07, 6.45) is -0.0210. The molecule has 1 unspecified atom stereocenters.